The van der Waals surface area contributed by atoms with Gasteiger partial charge in [0.25, 0.3) is 0 Å². The highest BCUT2D eigenvalue weighted by molar-refractivity contribution is 5.62. The molecule has 0 saturated carbocycles. The van der Waals surface area contributed by atoms with Gasteiger partial charge in [-0.1, -0.05) is 0 Å². The molecule has 0 spiro atoms. The highest BCUT2D eigenvalue weighted by Gasteiger charge is 2.24. The molecule has 0 amide bonds. The molecular weight excluding hydrogens is 186 g/mol. The molecule has 15 heavy (non-hydrogen) atoms. The van der Waals surface area contributed by atoms with Gasteiger partial charge in [0.1, 0.15) is 0 Å². The molecule has 2 heterocycles. The van der Waals surface area contributed by atoms with Crippen molar-refractivity contribution in [3.8, 4) is 0 Å². The second-order valence-corrected chi connectivity index (χ2v) is 4.65. The summed E-state index contributed by atoms with van der Waals surface area (Å²) in [7, 11) is 0. The second kappa shape index (κ2) is 3.56. The number of hydrogen-bond donors (Lipinski definition) is 2. The van der Waals surface area contributed by atoms with E-state index in [0.717, 1.165) is 26.2 Å². The third-order valence-corrected chi connectivity index (χ3v) is 3.63. The number of aryl methyl sites for hydroxylation is 2. The van der Waals surface area contributed by atoms with Crippen molar-refractivity contribution in [2.75, 3.05) is 31.1 Å². The first-order valence-electron chi connectivity index (χ1n) is 6.02. The quantitative estimate of drug-likeness (QED) is 0.722. The SMILES string of the molecule is Cc1[nH]c2c(c1N1CCNCC1)CCC2. The maximum Gasteiger partial charge on any atom is 0.0610 e. The Morgan fingerprint density at radius 1 is 1.13 bits per heavy atom. The van der Waals surface area contributed by atoms with Crippen LogP contribution in [0.1, 0.15) is 23.4 Å². The van der Waals surface area contributed by atoms with Crippen LogP contribution in [0.3, 0.4) is 0 Å². The largest absolute Gasteiger partial charge is 0.367 e. The fourth-order valence-electron chi connectivity index (χ4n) is 2.97. The minimum Gasteiger partial charge on any atom is -0.367 e. The second-order valence-electron chi connectivity index (χ2n) is 4.65. The lowest BCUT2D eigenvalue weighted by Crippen LogP contribution is -2.44. The topological polar surface area (TPSA) is 31.1 Å². The number of aromatic nitrogens is 1. The first kappa shape index (κ1) is 9.28. The van der Waals surface area contributed by atoms with Gasteiger partial charge in [0, 0.05) is 37.6 Å². The summed E-state index contributed by atoms with van der Waals surface area (Å²) < 4.78 is 0. The first-order valence-corrected chi connectivity index (χ1v) is 6.02. The van der Waals surface area contributed by atoms with E-state index in [1.165, 1.54) is 36.3 Å². The lowest BCUT2D eigenvalue weighted by molar-refractivity contribution is 0.587. The summed E-state index contributed by atoms with van der Waals surface area (Å²) in [6.07, 6.45) is 3.86. The monoisotopic (exact) mass is 205 g/mol. The number of hydrogen-bond acceptors (Lipinski definition) is 2. The van der Waals surface area contributed by atoms with E-state index in [-0.39, 0.29) is 0 Å². The minimum atomic E-state index is 1.12. The van der Waals surface area contributed by atoms with E-state index >= 15 is 0 Å². The number of H-pyrrole nitrogens is 1. The summed E-state index contributed by atoms with van der Waals surface area (Å²) in [6.45, 7) is 6.78. The minimum absolute atomic E-state index is 1.12. The van der Waals surface area contributed by atoms with E-state index < -0.39 is 0 Å². The van der Waals surface area contributed by atoms with E-state index in [4.69, 9.17) is 0 Å². The molecule has 2 aliphatic rings. The molecule has 1 aliphatic heterocycles. The first-order chi connectivity index (χ1) is 7.36. The highest BCUT2D eigenvalue weighted by Crippen LogP contribution is 2.34. The van der Waals surface area contributed by atoms with E-state index in [2.05, 4.69) is 22.1 Å². The van der Waals surface area contributed by atoms with Gasteiger partial charge in [-0.3, -0.25) is 0 Å². The van der Waals surface area contributed by atoms with Crippen molar-refractivity contribution in [1.82, 2.24) is 10.3 Å². The van der Waals surface area contributed by atoms with Crippen LogP contribution in [0, 0.1) is 6.92 Å². The van der Waals surface area contributed by atoms with Crippen molar-refractivity contribution in [1.29, 1.82) is 0 Å². The van der Waals surface area contributed by atoms with Gasteiger partial charge in [-0.2, -0.15) is 0 Å². The number of nitrogens with one attached hydrogen (secondary N) is 2. The van der Waals surface area contributed by atoms with Gasteiger partial charge in [-0.15, -0.1) is 0 Å². The van der Waals surface area contributed by atoms with Crippen LogP contribution in [-0.2, 0) is 12.8 Å². The molecular formula is C12H19N3. The van der Waals surface area contributed by atoms with Crippen LogP contribution >= 0.6 is 0 Å². The fraction of sp³-hybridized carbons (Fsp3) is 0.667. The molecule has 0 atom stereocenters. The molecule has 0 radical (unpaired) electrons. The maximum atomic E-state index is 3.56. The van der Waals surface area contributed by atoms with Crippen LogP contribution < -0.4 is 10.2 Å². The van der Waals surface area contributed by atoms with Crippen molar-refractivity contribution in [2.45, 2.75) is 26.2 Å². The molecule has 3 heteroatoms. The molecule has 0 aromatic carbocycles. The summed E-state index contributed by atoms with van der Waals surface area (Å²) in [5, 5.41) is 3.41. The maximum absolute atomic E-state index is 3.56. The Labute approximate surface area is 90.9 Å². The average molecular weight is 205 g/mol. The molecule has 1 aromatic heterocycles. The van der Waals surface area contributed by atoms with Crippen molar-refractivity contribution >= 4 is 5.69 Å². The summed E-state index contributed by atoms with van der Waals surface area (Å²) in [5.41, 5.74) is 6.00. The van der Waals surface area contributed by atoms with Crippen LogP contribution in [-0.4, -0.2) is 31.2 Å². The summed E-state index contributed by atoms with van der Waals surface area (Å²) >= 11 is 0. The van der Waals surface area contributed by atoms with Gasteiger partial charge in [-0.25, -0.2) is 0 Å². The Hall–Kier alpha value is -0.960. The molecule has 3 nitrogen and oxygen atoms in total. The van der Waals surface area contributed by atoms with Crippen LogP contribution in [0.5, 0.6) is 0 Å². The van der Waals surface area contributed by atoms with Gasteiger partial charge in [-0.05, 0) is 31.7 Å². The predicted molar refractivity (Wildman–Crippen MR) is 62.6 cm³/mol. The standard InChI is InChI=1S/C12H19N3/c1-9-12(15-7-5-13-6-8-15)10-3-2-4-11(10)14-9/h13-14H,2-8H2,1H3. The van der Waals surface area contributed by atoms with E-state index in [1.807, 2.05) is 0 Å². The lowest BCUT2D eigenvalue weighted by Gasteiger charge is -2.30. The van der Waals surface area contributed by atoms with Gasteiger partial charge in [0.15, 0.2) is 0 Å². The zero-order valence-electron chi connectivity index (χ0n) is 9.40. The Bertz CT molecular complexity index is 361. The van der Waals surface area contributed by atoms with Crippen molar-refractivity contribution in [3.63, 3.8) is 0 Å². The van der Waals surface area contributed by atoms with Crippen molar-refractivity contribution < 1.29 is 0 Å². The van der Waals surface area contributed by atoms with Gasteiger partial charge in [0.05, 0.1) is 5.69 Å². The van der Waals surface area contributed by atoms with Gasteiger partial charge in [0.2, 0.25) is 0 Å². The number of nitrogens with zero attached hydrogens (tertiary/aromatic N) is 1. The van der Waals surface area contributed by atoms with Crippen molar-refractivity contribution in [3.05, 3.63) is 17.0 Å². The number of fused-ring (bicyclic) bond motifs is 1. The third kappa shape index (κ3) is 1.46. The Kier molecular flexibility index (Phi) is 2.20. The van der Waals surface area contributed by atoms with E-state index in [0.29, 0.717) is 0 Å². The molecule has 1 aromatic rings. The van der Waals surface area contributed by atoms with Crippen LogP contribution in [0.2, 0.25) is 0 Å². The molecule has 82 valence electrons. The lowest BCUT2D eigenvalue weighted by atomic mass is 10.1. The van der Waals surface area contributed by atoms with Crippen LogP contribution in [0.4, 0.5) is 5.69 Å². The van der Waals surface area contributed by atoms with Crippen LogP contribution in [0.15, 0.2) is 0 Å². The number of piperazine rings is 1. The van der Waals surface area contributed by atoms with Gasteiger partial charge < -0.3 is 15.2 Å². The highest BCUT2D eigenvalue weighted by atomic mass is 15.2. The van der Waals surface area contributed by atoms with Crippen molar-refractivity contribution in [2.24, 2.45) is 0 Å². The molecule has 0 bridgehead atoms. The van der Waals surface area contributed by atoms with E-state index in [9.17, 15) is 0 Å². The summed E-state index contributed by atoms with van der Waals surface area (Å²) in [6, 6.07) is 0. The zero-order valence-corrected chi connectivity index (χ0v) is 9.40. The number of anilines is 1. The fourth-order valence-corrected chi connectivity index (χ4v) is 2.97. The smallest absolute Gasteiger partial charge is 0.0610 e. The Balaban J connectivity index is 1.95. The Morgan fingerprint density at radius 2 is 1.93 bits per heavy atom. The summed E-state index contributed by atoms with van der Waals surface area (Å²) in [5.74, 6) is 0. The number of rotatable bonds is 1. The molecule has 1 saturated heterocycles. The molecule has 2 N–H and O–H groups in total. The molecule has 0 unspecified atom stereocenters. The summed E-state index contributed by atoms with van der Waals surface area (Å²) in [4.78, 5) is 6.11. The normalized spacial score (nSPS) is 20.7. The number of aromatic amines is 1. The van der Waals surface area contributed by atoms with E-state index in [1.54, 1.807) is 5.56 Å². The molecule has 3 rings (SSSR count). The molecule has 1 fully saturated rings. The molecule has 1 aliphatic carbocycles. The van der Waals surface area contributed by atoms with Crippen LogP contribution in [0.25, 0.3) is 0 Å². The third-order valence-electron chi connectivity index (χ3n) is 3.63. The zero-order chi connectivity index (χ0) is 10.3. The average Bonchev–Trinajstić information content (AvgIpc) is 2.78. The van der Waals surface area contributed by atoms with Gasteiger partial charge >= 0.3 is 0 Å². The predicted octanol–water partition coefficient (Wildman–Crippen LogP) is 1.22. The Morgan fingerprint density at radius 3 is 2.73 bits per heavy atom.